The Morgan fingerprint density at radius 3 is 2.67 bits per heavy atom. The van der Waals surface area contributed by atoms with Crippen LogP contribution in [0.25, 0.3) is 0 Å². The Morgan fingerprint density at radius 2 is 2.06 bits per heavy atom. The Balaban J connectivity index is 2.55. The number of benzene rings is 1. The van der Waals surface area contributed by atoms with Gasteiger partial charge >= 0.3 is 0 Å². The highest BCUT2D eigenvalue weighted by molar-refractivity contribution is 9.10. The molecule has 1 aromatic carbocycles. The van der Waals surface area contributed by atoms with Crippen LogP contribution in [0, 0.1) is 0 Å². The standard InChI is InChI=1S/C13H18BrNO2S/c1-3-5-12-13(15-4-2)10-8-9(14)6-7-11(10)18(12,16)17/h6-8,12-13,15H,3-5H2,1-2H3. The molecule has 2 atom stereocenters. The van der Waals surface area contributed by atoms with Gasteiger partial charge in [0.2, 0.25) is 0 Å². The maximum atomic E-state index is 12.5. The molecular weight excluding hydrogens is 314 g/mol. The second-order valence-electron chi connectivity index (χ2n) is 4.59. The first-order valence-corrected chi connectivity index (χ1v) is 8.63. The lowest BCUT2D eigenvalue weighted by atomic mass is 10.0. The summed E-state index contributed by atoms with van der Waals surface area (Å²) in [4.78, 5) is 0.495. The van der Waals surface area contributed by atoms with Crippen LogP contribution in [0.2, 0.25) is 0 Å². The second kappa shape index (κ2) is 5.31. The van der Waals surface area contributed by atoms with Crippen molar-refractivity contribution in [1.29, 1.82) is 0 Å². The normalized spacial score (nSPS) is 25.1. The van der Waals surface area contributed by atoms with Crippen molar-refractivity contribution >= 4 is 25.8 Å². The van der Waals surface area contributed by atoms with Gasteiger partial charge in [-0.1, -0.05) is 36.2 Å². The summed E-state index contributed by atoms with van der Waals surface area (Å²) in [7, 11) is -3.18. The number of sulfone groups is 1. The van der Waals surface area contributed by atoms with Gasteiger partial charge in [0.1, 0.15) is 0 Å². The molecule has 2 unspecified atom stereocenters. The highest BCUT2D eigenvalue weighted by atomic mass is 79.9. The van der Waals surface area contributed by atoms with Gasteiger partial charge in [0, 0.05) is 4.47 Å². The summed E-state index contributed by atoms with van der Waals surface area (Å²) in [6.07, 6.45) is 1.58. The van der Waals surface area contributed by atoms with Crippen LogP contribution in [-0.2, 0) is 9.84 Å². The van der Waals surface area contributed by atoms with Gasteiger partial charge in [-0.05, 0) is 36.7 Å². The Hall–Kier alpha value is -0.390. The lowest BCUT2D eigenvalue weighted by molar-refractivity contribution is 0.492. The first-order valence-electron chi connectivity index (χ1n) is 6.29. The molecule has 0 amide bonds. The molecule has 0 bridgehead atoms. The van der Waals surface area contributed by atoms with Crippen molar-refractivity contribution in [3.63, 3.8) is 0 Å². The van der Waals surface area contributed by atoms with Gasteiger partial charge in [0.15, 0.2) is 9.84 Å². The second-order valence-corrected chi connectivity index (χ2v) is 7.64. The number of fused-ring (bicyclic) bond motifs is 1. The number of hydrogen-bond acceptors (Lipinski definition) is 3. The Bertz CT molecular complexity index is 542. The van der Waals surface area contributed by atoms with Crippen LogP contribution in [0.4, 0.5) is 0 Å². The van der Waals surface area contributed by atoms with Crippen LogP contribution in [0.1, 0.15) is 38.3 Å². The van der Waals surface area contributed by atoms with E-state index in [4.69, 9.17) is 0 Å². The molecule has 1 heterocycles. The Labute approximate surface area is 117 Å². The van der Waals surface area contributed by atoms with Crippen molar-refractivity contribution in [1.82, 2.24) is 5.32 Å². The van der Waals surface area contributed by atoms with Crippen LogP contribution >= 0.6 is 15.9 Å². The molecule has 0 fully saturated rings. The van der Waals surface area contributed by atoms with E-state index in [1.807, 2.05) is 19.9 Å². The maximum absolute atomic E-state index is 12.5. The van der Waals surface area contributed by atoms with E-state index in [-0.39, 0.29) is 11.3 Å². The van der Waals surface area contributed by atoms with Crippen LogP contribution in [-0.4, -0.2) is 20.2 Å². The molecule has 0 aromatic heterocycles. The molecule has 1 aromatic rings. The van der Waals surface area contributed by atoms with Gasteiger partial charge in [-0.15, -0.1) is 0 Å². The molecule has 5 heteroatoms. The van der Waals surface area contributed by atoms with Crippen molar-refractivity contribution in [3.8, 4) is 0 Å². The number of halogens is 1. The molecule has 0 spiro atoms. The van der Waals surface area contributed by atoms with Crippen molar-refractivity contribution in [2.75, 3.05) is 6.54 Å². The van der Waals surface area contributed by atoms with E-state index in [9.17, 15) is 8.42 Å². The fourth-order valence-electron chi connectivity index (χ4n) is 2.63. The molecule has 0 saturated heterocycles. The van der Waals surface area contributed by atoms with Crippen molar-refractivity contribution in [3.05, 3.63) is 28.2 Å². The first kappa shape index (κ1) is 14.0. The minimum absolute atomic E-state index is 0.0764. The molecule has 2 rings (SSSR count). The van der Waals surface area contributed by atoms with Gasteiger partial charge < -0.3 is 5.32 Å². The highest BCUT2D eigenvalue weighted by Gasteiger charge is 2.43. The summed E-state index contributed by atoms with van der Waals surface area (Å²) in [5.74, 6) is 0. The monoisotopic (exact) mass is 331 g/mol. The molecule has 0 aliphatic carbocycles. The largest absolute Gasteiger partial charge is 0.309 e. The summed E-state index contributed by atoms with van der Waals surface area (Å²) < 4.78 is 26.0. The van der Waals surface area contributed by atoms with Crippen molar-refractivity contribution < 1.29 is 8.42 Å². The molecule has 1 aliphatic rings. The van der Waals surface area contributed by atoms with Gasteiger partial charge in [-0.2, -0.15) is 0 Å². The van der Waals surface area contributed by atoms with Crippen molar-refractivity contribution in [2.45, 2.75) is 42.9 Å². The average molecular weight is 332 g/mol. The van der Waals surface area contributed by atoms with E-state index in [0.717, 1.165) is 23.0 Å². The zero-order valence-corrected chi connectivity index (χ0v) is 13.0. The molecule has 0 saturated carbocycles. The van der Waals surface area contributed by atoms with Crippen LogP contribution in [0.15, 0.2) is 27.6 Å². The molecule has 1 N–H and O–H groups in total. The summed E-state index contributed by atoms with van der Waals surface area (Å²) >= 11 is 3.42. The molecular formula is C13H18BrNO2S. The summed E-state index contributed by atoms with van der Waals surface area (Å²) in [5, 5.41) is 2.99. The van der Waals surface area contributed by atoms with Crippen molar-refractivity contribution in [2.24, 2.45) is 0 Å². The molecule has 18 heavy (non-hydrogen) atoms. The van der Waals surface area contributed by atoms with E-state index >= 15 is 0 Å². The SMILES string of the molecule is CCCC1C(NCC)c2cc(Br)ccc2S1(=O)=O. The van der Waals surface area contributed by atoms with Crippen LogP contribution < -0.4 is 5.32 Å². The lowest BCUT2D eigenvalue weighted by Crippen LogP contribution is -2.31. The number of hydrogen-bond donors (Lipinski definition) is 1. The molecule has 100 valence electrons. The third kappa shape index (κ3) is 2.24. The minimum atomic E-state index is -3.18. The first-order chi connectivity index (χ1) is 8.52. The third-order valence-electron chi connectivity index (χ3n) is 3.38. The number of nitrogens with one attached hydrogen (secondary N) is 1. The predicted octanol–water partition coefficient (Wildman–Crippen LogP) is 3.06. The third-order valence-corrected chi connectivity index (χ3v) is 6.16. The van der Waals surface area contributed by atoms with E-state index in [1.54, 1.807) is 12.1 Å². The maximum Gasteiger partial charge on any atom is 0.183 e. The summed E-state index contributed by atoms with van der Waals surface area (Å²) in [5.41, 5.74) is 0.907. The van der Waals surface area contributed by atoms with Gasteiger partial charge in [-0.25, -0.2) is 8.42 Å². The fraction of sp³-hybridized carbons (Fsp3) is 0.538. The van der Waals surface area contributed by atoms with E-state index in [0.29, 0.717) is 11.3 Å². The van der Waals surface area contributed by atoms with Crippen LogP contribution in [0.3, 0.4) is 0 Å². The average Bonchev–Trinajstić information content (AvgIpc) is 2.51. The molecule has 1 aliphatic heterocycles. The van der Waals surface area contributed by atoms with Gasteiger partial charge in [0.25, 0.3) is 0 Å². The summed E-state index contributed by atoms with van der Waals surface area (Å²) in [6.45, 7) is 4.80. The fourth-order valence-corrected chi connectivity index (χ4v) is 5.26. The highest BCUT2D eigenvalue weighted by Crippen LogP contribution is 2.42. The summed E-state index contributed by atoms with van der Waals surface area (Å²) in [6, 6.07) is 5.37. The zero-order chi connectivity index (χ0) is 13.3. The molecule has 3 nitrogen and oxygen atoms in total. The van der Waals surface area contributed by atoms with E-state index in [2.05, 4.69) is 21.2 Å². The number of rotatable bonds is 4. The topological polar surface area (TPSA) is 46.2 Å². The smallest absolute Gasteiger partial charge is 0.183 e. The van der Waals surface area contributed by atoms with Gasteiger partial charge in [-0.3, -0.25) is 0 Å². The zero-order valence-electron chi connectivity index (χ0n) is 10.6. The van der Waals surface area contributed by atoms with E-state index in [1.165, 1.54) is 0 Å². The molecule has 0 radical (unpaired) electrons. The Kier molecular flexibility index (Phi) is 4.14. The predicted molar refractivity (Wildman–Crippen MR) is 76.4 cm³/mol. The quantitative estimate of drug-likeness (QED) is 0.922. The lowest BCUT2D eigenvalue weighted by Gasteiger charge is -2.19. The van der Waals surface area contributed by atoms with Crippen LogP contribution in [0.5, 0.6) is 0 Å². The Morgan fingerprint density at radius 1 is 1.33 bits per heavy atom. The van der Waals surface area contributed by atoms with Gasteiger partial charge in [0.05, 0.1) is 16.2 Å². The van der Waals surface area contributed by atoms with E-state index < -0.39 is 9.84 Å². The minimum Gasteiger partial charge on any atom is -0.309 e.